The van der Waals surface area contributed by atoms with E-state index in [4.69, 9.17) is 23.7 Å². The number of carbonyl (C=O) groups is 4. The van der Waals surface area contributed by atoms with Gasteiger partial charge in [0, 0.05) is 19.3 Å². The van der Waals surface area contributed by atoms with E-state index in [0.29, 0.717) is 25.7 Å². The molecule has 0 aliphatic carbocycles. The van der Waals surface area contributed by atoms with E-state index in [1.807, 2.05) is 12.2 Å². The van der Waals surface area contributed by atoms with Gasteiger partial charge in [0.2, 0.25) is 0 Å². The number of carboxylic acid groups (broad SMARTS) is 1. The molecule has 3 N–H and O–H groups in total. The van der Waals surface area contributed by atoms with E-state index >= 15 is 0 Å². The summed E-state index contributed by atoms with van der Waals surface area (Å²) in [7, 11) is 0. The number of hydrogen-bond donors (Lipinski definition) is 3. The third kappa shape index (κ3) is 43.1. The van der Waals surface area contributed by atoms with Crippen LogP contribution in [0.15, 0.2) is 146 Å². The van der Waals surface area contributed by atoms with E-state index in [9.17, 15) is 34.5 Å². The summed E-state index contributed by atoms with van der Waals surface area (Å²) in [6.07, 6.45) is 64.0. The van der Waals surface area contributed by atoms with Gasteiger partial charge in [-0.15, -0.1) is 0 Å². The lowest BCUT2D eigenvalue weighted by Crippen LogP contribution is -2.61. The molecule has 12 nitrogen and oxygen atoms in total. The van der Waals surface area contributed by atoms with Crippen molar-refractivity contribution in [3.63, 3.8) is 0 Å². The first-order valence-corrected chi connectivity index (χ1v) is 29.8. The molecule has 0 bridgehead atoms. The van der Waals surface area contributed by atoms with Gasteiger partial charge in [-0.1, -0.05) is 205 Å². The number of carboxylic acids is 1. The number of hydrogen-bond acceptors (Lipinski definition) is 11. The van der Waals surface area contributed by atoms with E-state index in [-0.39, 0.29) is 25.9 Å². The van der Waals surface area contributed by atoms with Gasteiger partial charge >= 0.3 is 23.9 Å². The van der Waals surface area contributed by atoms with Gasteiger partial charge in [-0.3, -0.25) is 14.4 Å². The van der Waals surface area contributed by atoms with Crippen molar-refractivity contribution in [3.8, 4) is 0 Å². The minimum atomic E-state index is -1.93. The molecule has 1 saturated heterocycles. The van der Waals surface area contributed by atoms with Crippen LogP contribution in [0.5, 0.6) is 0 Å². The summed E-state index contributed by atoms with van der Waals surface area (Å²) < 4.78 is 28.3. The second kappa shape index (κ2) is 53.3. The molecule has 12 heteroatoms. The van der Waals surface area contributed by atoms with Gasteiger partial charge in [-0.05, 0) is 122 Å². The summed E-state index contributed by atoms with van der Waals surface area (Å²) in [5, 5.41) is 31.5. The molecule has 442 valence electrons. The molecule has 1 heterocycles. The fraction of sp³-hybridized carbons (Fsp3) is 0.582. The average molecular weight is 1100 g/mol. The molecule has 1 rings (SSSR count). The van der Waals surface area contributed by atoms with Crippen LogP contribution >= 0.6 is 0 Å². The van der Waals surface area contributed by atoms with Gasteiger partial charge in [0.15, 0.2) is 24.6 Å². The average Bonchev–Trinajstić information content (AvgIpc) is 3.44. The lowest BCUT2D eigenvalue weighted by atomic mass is 9.98. The van der Waals surface area contributed by atoms with Gasteiger partial charge in [0.1, 0.15) is 18.8 Å². The van der Waals surface area contributed by atoms with Crippen molar-refractivity contribution in [3.05, 3.63) is 146 Å². The molecule has 79 heavy (non-hydrogen) atoms. The first kappa shape index (κ1) is 71.6. The van der Waals surface area contributed by atoms with Gasteiger partial charge in [0.25, 0.3) is 0 Å². The molecule has 0 saturated carbocycles. The smallest absolute Gasteiger partial charge is 0.335 e. The molecular weight excluding hydrogens is 997 g/mol. The Labute approximate surface area is 476 Å². The standard InChI is InChI=1S/C67H102O12/c1-4-7-10-13-16-19-22-25-27-29-30-32-33-36-38-41-44-47-50-53-59(68)75-56-58(77-60(69)54-51-48-45-42-40-37-34-31-28-26-23-20-17-14-11-8-5-2)57-76-67-65(63(72)62(71)64(79-67)66(73)74)78-61(70)55-52-49-46-43-39-35-24-21-18-15-12-9-6-3/h7-8,10-12,15-17,19-21,24-28,30,32,34,36-38,44,47,58,62-65,67,71-72H,4-6,9,13-14,18,22-23,29,31,33,35,39-43,45-46,48-57H2,1-3H3,(H,73,74)/b10-7-,11-8-,15-12-,19-16-,20-17-,24-21-,27-25-,28-26-,32-30-,37-34-,38-36-,47-44-. The van der Waals surface area contributed by atoms with Crippen LogP contribution in [0.2, 0.25) is 0 Å². The quantitative estimate of drug-likeness (QED) is 0.0228. The SMILES string of the molecule is CC/C=C\C/C=C\C/C=C\C/C=C\C/C=C\C/C=C\CCC(=O)OCC(COC1OC(C(=O)O)C(O)C(O)C1OC(=O)CCCCCCC/C=C\C/C=C\CCC)OC(=O)CCCCCC/C=C\C/C=C\C/C=C\C/C=C\CC. The molecular formula is C67H102O12. The van der Waals surface area contributed by atoms with Crippen LogP contribution < -0.4 is 0 Å². The number of esters is 3. The van der Waals surface area contributed by atoms with Crippen LogP contribution in [0.4, 0.5) is 0 Å². The maximum Gasteiger partial charge on any atom is 0.335 e. The minimum Gasteiger partial charge on any atom is -0.479 e. The predicted molar refractivity (Wildman–Crippen MR) is 321 cm³/mol. The van der Waals surface area contributed by atoms with Crippen molar-refractivity contribution in [2.45, 2.75) is 237 Å². The monoisotopic (exact) mass is 1100 g/mol. The Kier molecular flexibility index (Phi) is 48.3. The van der Waals surface area contributed by atoms with Crippen LogP contribution in [0.1, 0.15) is 201 Å². The zero-order valence-corrected chi connectivity index (χ0v) is 48.5. The fourth-order valence-electron chi connectivity index (χ4n) is 7.89. The topological polar surface area (TPSA) is 175 Å². The van der Waals surface area contributed by atoms with Gasteiger partial charge in [-0.2, -0.15) is 0 Å². The zero-order chi connectivity index (χ0) is 57.5. The summed E-state index contributed by atoms with van der Waals surface area (Å²) in [4.78, 5) is 51.1. The highest BCUT2D eigenvalue weighted by Gasteiger charge is 2.50. The largest absolute Gasteiger partial charge is 0.479 e. The number of unbranched alkanes of at least 4 members (excludes halogenated alkanes) is 10. The van der Waals surface area contributed by atoms with E-state index in [2.05, 4.69) is 154 Å². The summed E-state index contributed by atoms with van der Waals surface area (Å²) in [5.41, 5.74) is 0. The molecule has 6 atom stereocenters. The molecule has 0 aromatic carbocycles. The summed E-state index contributed by atoms with van der Waals surface area (Å²) in [5.74, 6) is -3.31. The first-order valence-electron chi connectivity index (χ1n) is 29.8. The fourth-order valence-corrected chi connectivity index (χ4v) is 7.89. The number of ether oxygens (including phenoxy) is 5. The van der Waals surface area contributed by atoms with Gasteiger partial charge in [0.05, 0.1) is 6.61 Å². The number of aliphatic hydroxyl groups is 2. The second-order valence-corrected chi connectivity index (χ2v) is 19.5. The molecule has 0 aromatic rings. The van der Waals surface area contributed by atoms with Crippen molar-refractivity contribution in [1.82, 2.24) is 0 Å². The van der Waals surface area contributed by atoms with Crippen LogP contribution in [-0.4, -0.2) is 89.2 Å². The number of aliphatic hydroxyl groups excluding tert-OH is 2. The van der Waals surface area contributed by atoms with Crippen molar-refractivity contribution in [2.24, 2.45) is 0 Å². The van der Waals surface area contributed by atoms with E-state index < -0.39 is 67.3 Å². The normalized spacial score (nSPS) is 18.9. The molecule has 6 unspecified atom stereocenters. The Morgan fingerprint density at radius 2 is 0.823 bits per heavy atom. The Morgan fingerprint density at radius 1 is 0.430 bits per heavy atom. The Hall–Kier alpha value is -5.40. The molecule has 1 fully saturated rings. The third-order valence-electron chi connectivity index (χ3n) is 12.4. The maximum absolute atomic E-state index is 13.2. The third-order valence-corrected chi connectivity index (χ3v) is 12.4. The number of allylic oxidation sites excluding steroid dienone is 24. The maximum atomic E-state index is 13.2. The first-order chi connectivity index (χ1) is 38.6. The van der Waals surface area contributed by atoms with Crippen molar-refractivity contribution in [2.75, 3.05) is 13.2 Å². The number of rotatable bonds is 48. The Bertz CT molecular complexity index is 1930. The summed E-state index contributed by atoms with van der Waals surface area (Å²) in [6, 6.07) is 0. The van der Waals surface area contributed by atoms with Crippen LogP contribution in [-0.2, 0) is 42.9 Å². The van der Waals surface area contributed by atoms with E-state index in [1.165, 1.54) is 0 Å². The van der Waals surface area contributed by atoms with Crippen molar-refractivity contribution >= 4 is 23.9 Å². The van der Waals surface area contributed by atoms with Crippen molar-refractivity contribution in [1.29, 1.82) is 0 Å². The highest BCUT2D eigenvalue weighted by Crippen LogP contribution is 2.26. The van der Waals surface area contributed by atoms with Gasteiger partial charge in [-0.25, -0.2) is 4.79 Å². The number of aliphatic carboxylic acids is 1. The van der Waals surface area contributed by atoms with E-state index in [1.54, 1.807) is 0 Å². The minimum absolute atomic E-state index is 0.0254. The molecule has 0 amide bonds. The second-order valence-electron chi connectivity index (χ2n) is 19.5. The lowest BCUT2D eigenvalue weighted by Gasteiger charge is -2.40. The zero-order valence-electron chi connectivity index (χ0n) is 48.5. The molecule has 0 radical (unpaired) electrons. The van der Waals surface area contributed by atoms with Crippen LogP contribution in [0.25, 0.3) is 0 Å². The highest BCUT2D eigenvalue weighted by molar-refractivity contribution is 5.74. The number of carbonyl (C=O) groups excluding carboxylic acids is 3. The Balaban J connectivity index is 2.78. The molecule has 0 spiro atoms. The Morgan fingerprint density at radius 3 is 1.27 bits per heavy atom. The van der Waals surface area contributed by atoms with Crippen LogP contribution in [0.3, 0.4) is 0 Å². The van der Waals surface area contributed by atoms with Crippen LogP contribution in [0, 0.1) is 0 Å². The molecule has 0 aromatic heterocycles. The van der Waals surface area contributed by atoms with E-state index in [0.717, 1.165) is 135 Å². The molecule has 1 aliphatic rings. The predicted octanol–water partition coefficient (Wildman–Crippen LogP) is 15.6. The summed E-state index contributed by atoms with van der Waals surface area (Å²) in [6.45, 7) is 5.59. The molecule has 1 aliphatic heterocycles. The van der Waals surface area contributed by atoms with Gasteiger partial charge < -0.3 is 39.0 Å². The summed E-state index contributed by atoms with van der Waals surface area (Å²) >= 11 is 0. The lowest BCUT2D eigenvalue weighted by molar-refractivity contribution is -0.301. The highest BCUT2D eigenvalue weighted by atomic mass is 16.7. The van der Waals surface area contributed by atoms with Crippen molar-refractivity contribution < 1.29 is 58.2 Å².